The van der Waals surface area contributed by atoms with E-state index in [0.717, 1.165) is 24.6 Å². The number of carbonyl (C=O) groups is 1. The number of rotatable bonds is 6. The minimum atomic E-state index is -3.48. The van der Waals surface area contributed by atoms with E-state index in [0.29, 0.717) is 34.8 Å². The molecule has 0 bridgehead atoms. The molecule has 1 aliphatic heterocycles. The van der Waals surface area contributed by atoms with Gasteiger partial charge in [-0.15, -0.1) is 0 Å². The van der Waals surface area contributed by atoms with Gasteiger partial charge in [0.2, 0.25) is 15.9 Å². The van der Waals surface area contributed by atoms with E-state index in [1.54, 1.807) is 37.4 Å². The number of nitrogens with one attached hydrogen (secondary N) is 1. The lowest BCUT2D eigenvalue weighted by Gasteiger charge is -2.15. The van der Waals surface area contributed by atoms with Crippen LogP contribution in [0, 0.1) is 0 Å². The molecule has 8 nitrogen and oxygen atoms in total. The van der Waals surface area contributed by atoms with E-state index in [-0.39, 0.29) is 22.1 Å². The lowest BCUT2D eigenvalue weighted by atomic mass is 10.2. The van der Waals surface area contributed by atoms with Crippen molar-refractivity contribution in [2.75, 3.05) is 24.2 Å². The minimum Gasteiger partial charge on any atom is -0.325 e. The number of sulfonamides is 1. The number of carbonyl (C=O) groups excluding carboxylic acids is 1. The van der Waals surface area contributed by atoms with Crippen molar-refractivity contribution in [3.63, 3.8) is 0 Å². The fraction of sp³-hybridized carbons (Fsp3) is 0.286. The zero-order chi connectivity index (χ0) is 22.0. The summed E-state index contributed by atoms with van der Waals surface area (Å²) in [7, 11) is -1.85. The molecule has 10 heteroatoms. The molecule has 4 rings (SSSR count). The molecular weight excluding hydrogens is 436 g/mol. The fourth-order valence-electron chi connectivity index (χ4n) is 3.44. The van der Waals surface area contributed by atoms with Crippen LogP contribution in [0.1, 0.15) is 12.8 Å². The molecule has 2 heterocycles. The molecule has 1 amide bonds. The van der Waals surface area contributed by atoms with E-state index in [2.05, 4.69) is 10.3 Å². The Morgan fingerprint density at radius 3 is 2.48 bits per heavy atom. The molecule has 162 valence electrons. The number of amides is 1. The van der Waals surface area contributed by atoms with Crippen LogP contribution >= 0.6 is 11.8 Å². The van der Waals surface area contributed by atoms with Gasteiger partial charge in [0.05, 0.1) is 21.6 Å². The summed E-state index contributed by atoms with van der Waals surface area (Å²) in [6.07, 6.45) is 1.76. The number of hydrogen-bond donors (Lipinski definition) is 1. The third-order valence-electron chi connectivity index (χ3n) is 5.12. The first-order valence-corrected chi connectivity index (χ1v) is 12.3. The number of fused-ring (bicyclic) bond motifs is 1. The topological polar surface area (TPSA) is 101 Å². The van der Waals surface area contributed by atoms with E-state index in [4.69, 9.17) is 0 Å². The van der Waals surface area contributed by atoms with Crippen molar-refractivity contribution in [2.24, 2.45) is 7.05 Å². The molecule has 31 heavy (non-hydrogen) atoms. The Bertz CT molecular complexity index is 1280. The van der Waals surface area contributed by atoms with Crippen LogP contribution in [0.15, 0.2) is 63.4 Å². The lowest BCUT2D eigenvalue weighted by Crippen LogP contribution is -2.27. The molecule has 1 fully saturated rings. The molecule has 0 unspecified atom stereocenters. The average Bonchev–Trinajstić information content (AvgIpc) is 3.32. The first-order valence-electron chi connectivity index (χ1n) is 9.85. The van der Waals surface area contributed by atoms with Gasteiger partial charge in [0.15, 0.2) is 5.16 Å². The second kappa shape index (κ2) is 8.81. The Labute approximate surface area is 184 Å². The molecule has 2 aromatic carbocycles. The van der Waals surface area contributed by atoms with E-state index < -0.39 is 10.0 Å². The molecular formula is C21H22N4O4S2. The average molecular weight is 459 g/mol. The third-order valence-corrected chi connectivity index (χ3v) is 8.06. The van der Waals surface area contributed by atoms with Crippen molar-refractivity contribution in [1.29, 1.82) is 0 Å². The van der Waals surface area contributed by atoms with Crippen LogP contribution in [0.25, 0.3) is 10.9 Å². The van der Waals surface area contributed by atoms with Gasteiger partial charge in [-0.25, -0.2) is 13.4 Å². The molecule has 0 radical (unpaired) electrons. The Morgan fingerprint density at radius 2 is 1.77 bits per heavy atom. The predicted molar refractivity (Wildman–Crippen MR) is 121 cm³/mol. The monoisotopic (exact) mass is 458 g/mol. The van der Waals surface area contributed by atoms with Gasteiger partial charge in [-0.05, 0) is 49.2 Å². The summed E-state index contributed by atoms with van der Waals surface area (Å²) in [4.78, 5) is 29.5. The van der Waals surface area contributed by atoms with Crippen LogP contribution in [0.3, 0.4) is 0 Å². The van der Waals surface area contributed by atoms with Crippen molar-refractivity contribution in [2.45, 2.75) is 22.9 Å². The van der Waals surface area contributed by atoms with Crippen molar-refractivity contribution in [3.8, 4) is 0 Å². The van der Waals surface area contributed by atoms with Crippen LogP contribution < -0.4 is 10.9 Å². The summed E-state index contributed by atoms with van der Waals surface area (Å²) in [6, 6.07) is 13.2. The molecule has 0 saturated carbocycles. The standard InChI is InChI=1S/C21H22N4O4S2/c1-24-20(27)17-6-2-3-7-18(17)23-21(24)30-14-19(26)22-15-8-10-16(11-9-15)31(28,29)25-12-4-5-13-25/h2-3,6-11H,4-5,12-14H2,1H3,(H,22,26). The Morgan fingerprint density at radius 1 is 1.10 bits per heavy atom. The highest BCUT2D eigenvalue weighted by atomic mass is 32.2. The number of para-hydroxylation sites is 1. The van der Waals surface area contributed by atoms with Crippen LogP contribution in [-0.4, -0.2) is 47.0 Å². The van der Waals surface area contributed by atoms with Crippen LogP contribution in [0.2, 0.25) is 0 Å². The van der Waals surface area contributed by atoms with Gasteiger partial charge < -0.3 is 5.32 Å². The fourth-order valence-corrected chi connectivity index (χ4v) is 5.73. The first-order chi connectivity index (χ1) is 14.9. The predicted octanol–water partition coefficient (Wildman–Crippen LogP) is 2.45. The first kappa shape index (κ1) is 21.5. The number of hydrogen-bond acceptors (Lipinski definition) is 6. The van der Waals surface area contributed by atoms with Crippen molar-refractivity contribution < 1.29 is 13.2 Å². The molecule has 1 saturated heterocycles. The van der Waals surface area contributed by atoms with Crippen molar-refractivity contribution in [1.82, 2.24) is 13.9 Å². The highest BCUT2D eigenvalue weighted by Crippen LogP contribution is 2.23. The van der Waals surface area contributed by atoms with E-state index >= 15 is 0 Å². The normalized spacial score (nSPS) is 14.7. The number of anilines is 1. The van der Waals surface area contributed by atoms with Gasteiger partial charge in [-0.1, -0.05) is 23.9 Å². The summed E-state index contributed by atoms with van der Waals surface area (Å²) < 4.78 is 28.1. The summed E-state index contributed by atoms with van der Waals surface area (Å²) in [5, 5.41) is 3.73. The maximum atomic E-state index is 12.6. The summed E-state index contributed by atoms with van der Waals surface area (Å²) in [6.45, 7) is 1.09. The molecule has 3 aromatic rings. The van der Waals surface area contributed by atoms with E-state index in [9.17, 15) is 18.0 Å². The summed E-state index contributed by atoms with van der Waals surface area (Å²) in [5.41, 5.74) is 0.929. The highest BCUT2D eigenvalue weighted by Gasteiger charge is 2.26. The maximum Gasteiger partial charge on any atom is 0.261 e. The zero-order valence-corrected chi connectivity index (χ0v) is 18.6. The molecule has 1 N–H and O–H groups in total. The number of nitrogens with zero attached hydrogens (tertiary/aromatic N) is 3. The molecule has 1 aliphatic rings. The van der Waals surface area contributed by atoms with Gasteiger partial charge in [0.1, 0.15) is 0 Å². The molecule has 0 aliphatic carbocycles. The van der Waals surface area contributed by atoms with Crippen LogP contribution in [-0.2, 0) is 21.9 Å². The highest BCUT2D eigenvalue weighted by molar-refractivity contribution is 7.99. The van der Waals surface area contributed by atoms with Crippen LogP contribution in [0.5, 0.6) is 0 Å². The molecule has 0 spiro atoms. The van der Waals surface area contributed by atoms with Gasteiger partial charge in [0, 0.05) is 25.8 Å². The second-order valence-corrected chi connectivity index (χ2v) is 10.1. The summed E-state index contributed by atoms with van der Waals surface area (Å²) >= 11 is 1.16. The Kier molecular flexibility index (Phi) is 6.12. The molecule has 1 aromatic heterocycles. The SMILES string of the molecule is Cn1c(SCC(=O)Nc2ccc(S(=O)(=O)N3CCCC3)cc2)nc2ccccc2c1=O. The number of aromatic nitrogens is 2. The van der Waals surface area contributed by atoms with Crippen molar-refractivity contribution >= 4 is 44.3 Å². The van der Waals surface area contributed by atoms with Gasteiger partial charge in [0.25, 0.3) is 5.56 Å². The quantitative estimate of drug-likeness (QED) is 0.450. The lowest BCUT2D eigenvalue weighted by molar-refractivity contribution is -0.113. The van der Waals surface area contributed by atoms with Gasteiger partial charge in [-0.2, -0.15) is 4.31 Å². The zero-order valence-electron chi connectivity index (χ0n) is 16.9. The van der Waals surface area contributed by atoms with Gasteiger partial charge in [-0.3, -0.25) is 14.2 Å². The second-order valence-electron chi connectivity index (χ2n) is 7.25. The smallest absolute Gasteiger partial charge is 0.261 e. The number of benzene rings is 2. The number of thioether (sulfide) groups is 1. The van der Waals surface area contributed by atoms with E-state index in [1.165, 1.54) is 21.0 Å². The van der Waals surface area contributed by atoms with Crippen LogP contribution in [0.4, 0.5) is 5.69 Å². The van der Waals surface area contributed by atoms with Gasteiger partial charge >= 0.3 is 0 Å². The largest absolute Gasteiger partial charge is 0.325 e. The Balaban J connectivity index is 1.41. The third kappa shape index (κ3) is 4.51. The van der Waals surface area contributed by atoms with E-state index in [1.807, 2.05) is 6.07 Å². The Hall–Kier alpha value is -2.69. The van der Waals surface area contributed by atoms with Crippen molar-refractivity contribution in [3.05, 3.63) is 58.9 Å². The minimum absolute atomic E-state index is 0.0620. The molecule has 0 atom stereocenters. The summed E-state index contributed by atoms with van der Waals surface area (Å²) in [5.74, 6) is -0.213. The maximum absolute atomic E-state index is 12.6.